The number of halogens is 2. The third kappa shape index (κ3) is 3.72. The fourth-order valence-corrected chi connectivity index (χ4v) is 0.899. The zero-order valence-electron chi connectivity index (χ0n) is 7.92. The van der Waals surface area contributed by atoms with Gasteiger partial charge in [0.25, 0.3) is 0 Å². The number of hydrogen-bond donors (Lipinski definition) is 1. The van der Waals surface area contributed by atoms with Crippen LogP contribution < -0.4 is 0 Å². The molecule has 1 N–H and O–H groups in total. The molecule has 0 aliphatic rings. The molecular weight excluding hydrogens is 231 g/mol. The van der Waals surface area contributed by atoms with Gasteiger partial charge in [-0.15, -0.1) is 0 Å². The van der Waals surface area contributed by atoms with Crippen molar-refractivity contribution in [1.29, 1.82) is 0 Å². The van der Waals surface area contributed by atoms with Gasteiger partial charge in [0.15, 0.2) is 0 Å². The minimum atomic E-state index is -2.51. The van der Waals surface area contributed by atoms with E-state index < -0.39 is 16.3 Å². The Hall–Kier alpha value is -0.480. The van der Waals surface area contributed by atoms with Crippen molar-refractivity contribution in [2.75, 3.05) is 0 Å². The molecule has 0 bridgehead atoms. The molecule has 0 fully saturated rings. The summed E-state index contributed by atoms with van der Waals surface area (Å²) in [5.74, 6) is -2.77. The van der Waals surface area contributed by atoms with Gasteiger partial charge < -0.3 is 9.84 Å². The van der Waals surface area contributed by atoms with Gasteiger partial charge in [0.2, 0.25) is 0 Å². The summed E-state index contributed by atoms with van der Waals surface area (Å²) >= 11 is 10.5. The molecule has 4 nitrogen and oxygen atoms in total. The Morgan fingerprint density at radius 1 is 1.50 bits per heavy atom. The maximum absolute atomic E-state index is 11.1. The van der Waals surface area contributed by atoms with Crippen LogP contribution in [0.1, 0.15) is 26.7 Å². The van der Waals surface area contributed by atoms with E-state index in [9.17, 15) is 9.59 Å². The van der Waals surface area contributed by atoms with Crippen molar-refractivity contribution >= 4 is 35.1 Å². The van der Waals surface area contributed by atoms with Crippen molar-refractivity contribution in [3.63, 3.8) is 0 Å². The largest absolute Gasteiger partial charge is 0.479 e. The molecule has 0 spiro atoms. The highest BCUT2D eigenvalue weighted by molar-refractivity contribution is 6.66. The molecule has 0 heterocycles. The van der Waals surface area contributed by atoms with E-state index >= 15 is 0 Å². The summed E-state index contributed by atoms with van der Waals surface area (Å²) in [5, 5.41) is 8.49. The van der Waals surface area contributed by atoms with E-state index in [0.29, 0.717) is 6.42 Å². The van der Waals surface area contributed by atoms with Crippen LogP contribution in [0.25, 0.3) is 0 Å². The summed E-state index contributed by atoms with van der Waals surface area (Å²) in [7, 11) is 0. The first kappa shape index (κ1) is 13.5. The predicted octanol–water partition coefficient (Wildman–Crippen LogP) is 1.98. The lowest BCUT2D eigenvalue weighted by Gasteiger charge is -2.17. The van der Waals surface area contributed by atoms with Gasteiger partial charge in [-0.3, -0.25) is 0 Å². The Labute approximate surface area is 92.1 Å². The number of ether oxygens (including phenoxy) is 1. The topological polar surface area (TPSA) is 63.6 Å². The molecule has 0 aliphatic carbocycles. The molecule has 0 saturated heterocycles. The maximum atomic E-state index is 11.1. The number of rotatable bonds is 5. The van der Waals surface area contributed by atoms with Gasteiger partial charge in [0.05, 0.1) is 6.10 Å². The fraction of sp³-hybridized carbons (Fsp3) is 0.750. The van der Waals surface area contributed by atoms with Crippen LogP contribution in [0, 0.1) is 0 Å². The normalized spacial score (nSPS) is 13.4. The highest BCUT2D eigenvalue weighted by atomic mass is 35.5. The minimum Gasteiger partial charge on any atom is -0.479 e. The monoisotopic (exact) mass is 242 g/mol. The molecule has 14 heavy (non-hydrogen) atoms. The number of carboxylic acid groups (broad SMARTS) is 1. The molecule has 0 radical (unpaired) electrons. The molecular formula is C8H12Cl2O4. The lowest BCUT2D eigenvalue weighted by Crippen LogP contribution is -2.38. The van der Waals surface area contributed by atoms with E-state index in [0.717, 1.165) is 6.42 Å². The van der Waals surface area contributed by atoms with Crippen LogP contribution in [-0.2, 0) is 14.3 Å². The zero-order valence-corrected chi connectivity index (χ0v) is 9.43. The van der Waals surface area contributed by atoms with E-state index in [1.165, 1.54) is 0 Å². The standard InChI is InChI=1S/C8H12Cl2O4/c1-3-4-5(2)14-7(13)8(9,10)6(11)12/h5H,3-4H2,1-2H3,(H,11,12). The highest BCUT2D eigenvalue weighted by Crippen LogP contribution is 2.24. The third-order valence-corrected chi connectivity index (χ3v) is 2.16. The average Bonchev–Trinajstić information content (AvgIpc) is 2.03. The van der Waals surface area contributed by atoms with Gasteiger partial charge in [-0.1, -0.05) is 36.5 Å². The van der Waals surface area contributed by atoms with Crippen molar-refractivity contribution in [1.82, 2.24) is 0 Å². The van der Waals surface area contributed by atoms with Crippen LogP contribution in [0.5, 0.6) is 0 Å². The molecule has 82 valence electrons. The van der Waals surface area contributed by atoms with Crippen molar-refractivity contribution in [2.45, 2.75) is 37.1 Å². The van der Waals surface area contributed by atoms with Gasteiger partial charge in [-0.2, -0.15) is 0 Å². The van der Waals surface area contributed by atoms with E-state index in [4.69, 9.17) is 33.0 Å². The van der Waals surface area contributed by atoms with Crippen LogP contribution >= 0.6 is 23.2 Å². The summed E-state index contributed by atoms with van der Waals surface area (Å²) < 4.78 is 2.22. The van der Waals surface area contributed by atoms with E-state index in [-0.39, 0.29) is 6.10 Å². The molecule has 0 aromatic carbocycles. The molecule has 0 amide bonds. The Balaban J connectivity index is 4.27. The lowest BCUT2D eigenvalue weighted by molar-refractivity contribution is -0.156. The highest BCUT2D eigenvalue weighted by Gasteiger charge is 2.44. The summed E-state index contributed by atoms with van der Waals surface area (Å²) in [5.41, 5.74) is 0. The minimum absolute atomic E-state index is 0.385. The second-order valence-electron chi connectivity index (χ2n) is 2.88. The Morgan fingerprint density at radius 3 is 2.36 bits per heavy atom. The molecule has 1 atom stereocenters. The van der Waals surface area contributed by atoms with Crippen LogP contribution in [0.4, 0.5) is 0 Å². The van der Waals surface area contributed by atoms with Gasteiger partial charge in [-0.25, -0.2) is 9.59 Å². The second-order valence-corrected chi connectivity index (χ2v) is 4.21. The quantitative estimate of drug-likeness (QED) is 0.455. The average molecular weight is 243 g/mol. The fourth-order valence-electron chi connectivity index (χ4n) is 0.809. The summed E-state index contributed by atoms with van der Waals surface area (Å²) in [6, 6.07) is 0. The van der Waals surface area contributed by atoms with E-state index in [1.807, 2.05) is 6.92 Å². The number of esters is 1. The van der Waals surface area contributed by atoms with Crippen LogP contribution in [0.15, 0.2) is 0 Å². The molecule has 0 rings (SSSR count). The molecule has 0 aromatic rings. The van der Waals surface area contributed by atoms with Gasteiger partial charge in [-0.05, 0) is 13.3 Å². The smallest absolute Gasteiger partial charge is 0.354 e. The molecule has 0 saturated carbocycles. The SMILES string of the molecule is CCCC(C)OC(=O)C(Cl)(Cl)C(=O)O. The van der Waals surface area contributed by atoms with Crippen molar-refractivity contribution < 1.29 is 19.4 Å². The Morgan fingerprint density at radius 2 is 2.00 bits per heavy atom. The number of carbonyl (C=O) groups is 2. The molecule has 0 aromatic heterocycles. The van der Waals surface area contributed by atoms with Crippen LogP contribution in [-0.4, -0.2) is 27.5 Å². The molecule has 1 unspecified atom stereocenters. The zero-order chi connectivity index (χ0) is 11.4. The molecule has 6 heteroatoms. The first-order chi connectivity index (χ1) is 6.32. The third-order valence-electron chi connectivity index (χ3n) is 1.53. The summed E-state index contributed by atoms with van der Waals surface area (Å²) in [6.07, 6.45) is 1.07. The van der Waals surface area contributed by atoms with Crippen LogP contribution in [0.3, 0.4) is 0 Å². The molecule has 0 aliphatic heterocycles. The van der Waals surface area contributed by atoms with Crippen molar-refractivity contribution in [3.05, 3.63) is 0 Å². The predicted molar refractivity (Wildman–Crippen MR) is 52.5 cm³/mol. The summed E-state index contributed by atoms with van der Waals surface area (Å²) in [6.45, 7) is 3.56. The Bertz CT molecular complexity index is 227. The maximum Gasteiger partial charge on any atom is 0.354 e. The van der Waals surface area contributed by atoms with E-state index in [1.54, 1.807) is 6.92 Å². The first-order valence-electron chi connectivity index (χ1n) is 4.14. The second kappa shape index (κ2) is 5.41. The number of carboxylic acids is 1. The van der Waals surface area contributed by atoms with Gasteiger partial charge in [0, 0.05) is 0 Å². The van der Waals surface area contributed by atoms with Crippen molar-refractivity contribution in [3.8, 4) is 0 Å². The first-order valence-corrected chi connectivity index (χ1v) is 4.90. The van der Waals surface area contributed by atoms with Gasteiger partial charge >= 0.3 is 16.3 Å². The number of aliphatic carboxylic acids is 1. The Kier molecular flexibility index (Phi) is 5.23. The lowest BCUT2D eigenvalue weighted by atomic mass is 10.2. The number of alkyl halides is 2. The number of hydrogen-bond acceptors (Lipinski definition) is 3. The van der Waals surface area contributed by atoms with Crippen molar-refractivity contribution in [2.24, 2.45) is 0 Å². The number of carbonyl (C=O) groups excluding carboxylic acids is 1. The van der Waals surface area contributed by atoms with Gasteiger partial charge in [0.1, 0.15) is 0 Å². The summed E-state index contributed by atoms with van der Waals surface area (Å²) in [4.78, 5) is 21.6. The van der Waals surface area contributed by atoms with Crippen LogP contribution in [0.2, 0.25) is 0 Å². The van der Waals surface area contributed by atoms with E-state index in [2.05, 4.69) is 0 Å².